The molecule has 21 heavy (non-hydrogen) atoms. The molecule has 0 spiro atoms. The molecule has 2 aromatic rings. The molecule has 1 unspecified atom stereocenters. The fourth-order valence-corrected chi connectivity index (χ4v) is 3.62. The molecule has 0 aliphatic carbocycles. The van der Waals surface area contributed by atoms with Gasteiger partial charge in [0.25, 0.3) is 0 Å². The van der Waals surface area contributed by atoms with E-state index in [2.05, 4.69) is 70.3 Å². The Kier molecular flexibility index (Phi) is 4.58. The highest BCUT2D eigenvalue weighted by molar-refractivity contribution is 7.08. The molecule has 0 amide bonds. The second-order valence-electron chi connectivity index (χ2n) is 5.73. The lowest BCUT2D eigenvalue weighted by molar-refractivity contribution is 0.199. The summed E-state index contributed by atoms with van der Waals surface area (Å²) in [6, 6.07) is 11.6. The van der Waals surface area contributed by atoms with Gasteiger partial charge in [0.2, 0.25) is 0 Å². The molecule has 112 valence electrons. The average Bonchev–Trinajstić information content (AvgIpc) is 3.03. The molecule has 3 rings (SSSR count). The van der Waals surface area contributed by atoms with Crippen LogP contribution in [-0.4, -0.2) is 45.2 Å². The van der Waals surface area contributed by atoms with Crippen LogP contribution in [0.2, 0.25) is 0 Å². The van der Waals surface area contributed by atoms with Gasteiger partial charge in [-0.3, -0.25) is 4.90 Å². The van der Waals surface area contributed by atoms with Crippen molar-refractivity contribution < 1.29 is 0 Å². The minimum absolute atomic E-state index is 0.384. The second kappa shape index (κ2) is 6.60. The van der Waals surface area contributed by atoms with E-state index in [-0.39, 0.29) is 0 Å². The van der Waals surface area contributed by atoms with Crippen molar-refractivity contribution in [2.75, 3.05) is 45.2 Å². The number of anilines is 1. The summed E-state index contributed by atoms with van der Waals surface area (Å²) in [5.74, 6) is 0. The number of piperazine rings is 1. The Morgan fingerprint density at radius 2 is 1.76 bits per heavy atom. The number of hydrogen-bond donors (Lipinski definition) is 1. The highest BCUT2D eigenvalue weighted by Crippen LogP contribution is 2.31. The molecule has 1 aliphatic heterocycles. The Bertz CT molecular complexity index is 542. The van der Waals surface area contributed by atoms with Crippen LogP contribution in [0.15, 0.2) is 41.1 Å². The van der Waals surface area contributed by atoms with E-state index in [0.29, 0.717) is 6.04 Å². The minimum atomic E-state index is 0.384. The lowest BCUT2D eigenvalue weighted by atomic mass is 9.98. The van der Waals surface area contributed by atoms with Crippen LogP contribution in [-0.2, 0) is 0 Å². The molecule has 1 N–H and O–H groups in total. The van der Waals surface area contributed by atoms with Crippen molar-refractivity contribution >= 4 is 17.0 Å². The molecule has 0 saturated carbocycles. The number of hydrogen-bond acceptors (Lipinski definition) is 4. The van der Waals surface area contributed by atoms with Crippen LogP contribution in [0.5, 0.6) is 0 Å². The lowest BCUT2D eigenvalue weighted by Crippen LogP contribution is -2.45. The van der Waals surface area contributed by atoms with Crippen molar-refractivity contribution in [3.8, 4) is 0 Å². The predicted octanol–water partition coefficient (Wildman–Crippen LogP) is 2.81. The molecule has 2 heterocycles. The van der Waals surface area contributed by atoms with E-state index in [1.807, 2.05) is 0 Å². The Balaban J connectivity index is 1.91. The quantitative estimate of drug-likeness (QED) is 0.937. The van der Waals surface area contributed by atoms with Gasteiger partial charge in [0, 0.05) is 46.0 Å². The van der Waals surface area contributed by atoms with Crippen LogP contribution in [0.1, 0.15) is 17.2 Å². The maximum absolute atomic E-state index is 3.44. The van der Waals surface area contributed by atoms with Crippen molar-refractivity contribution in [2.24, 2.45) is 0 Å². The van der Waals surface area contributed by atoms with Gasteiger partial charge in [-0.15, -0.1) is 0 Å². The zero-order valence-electron chi connectivity index (χ0n) is 12.7. The van der Waals surface area contributed by atoms with E-state index in [1.54, 1.807) is 11.3 Å². The fourth-order valence-electron chi connectivity index (χ4n) is 2.94. The zero-order valence-corrected chi connectivity index (χ0v) is 13.6. The Labute approximate surface area is 131 Å². The van der Waals surface area contributed by atoms with E-state index in [4.69, 9.17) is 0 Å². The van der Waals surface area contributed by atoms with Gasteiger partial charge >= 0.3 is 0 Å². The molecular weight excluding hydrogens is 278 g/mol. The number of nitrogens with one attached hydrogen (secondary N) is 1. The SMILES string of the molecule is CN(C)c1ccc(C(c2ccsc2)N2CCNCC2)cc1. The summed E-state index contributed by atoms with van der Waals surface area (Å²) < 4.78 is 0. The zero-order chi connectivity index (χ0) is 14.7. The minimum Gasteiger partial charge on any atom is -0.378 e. The molecule has 4 heteroatoms. The average molecular weight is 301 g/mol. The smallest absolute Gasteiger partial charge is 0.0610 e. The van der Waals surface area contributed by atoms with Gasteiger partial charge in [-0.2, -0.15) is 11.3 Å². The first kappa shape index (κ1) is 14.6. The lowest BCUT2D eigenvalue weighted by Gasteiger charge is -2.35. The van der Waals surface area contributed by atoms with Gasteiger partial charge in [0.05, 0.1) is 6.04 Å². The first-order valence-electron chi connectivity index (χ1n) is 7.50. The van der Waals surface area contributed by atoms with Crippen LogP contribution in [0.3, 0.4) is 0 Å². The van der Waals surface area contributed by atoms with Gasteiger partial charge in [-0.05, 0) is 40.1 Å². The number of thiophene rings is 1. The molecular formula is C17H23N3S. The van der Waals surface area contributed by atoms with Crippen molar-refractivity contribution in [3.05, 3.63) is 52.2 Å². The van der Waals surface area contributed by atoms with Crippen molar-refractivity contribution in [2.45, 2.75) is 6.04 Å². The van der Waals surface area contributed by atoms with Crippen molar-refractivity contribution in [1.82, 2.24) is 10.2 Å². The topological polar surface area (TPSA) is 18.5 Å². The first-order valence-corrected chi connectivity index (χ1v) is 8.44. The van der Waals surface area contributed by atoms with Gasteiger partial charge in [-0.1, -0.05) is 12.1 Å². The number of rotatable bonds is 4. The highest BCUT2D eigenvalue weighted by atomic mass is 32.1. The third-order valence-corrected chi connectivity index (χ3v) is 4.80. The van der Waals surface area contributed by atoms with E-state index in [9.17, 15) is 0 Å². The van der Waals surface area contributed by atoms with E-state index >= 15 is 0 Å². The monoisotopic (exact) mass is 301 g/mol. The van der Waals surface area contributed by atoms with Gasteiger partial charge in [0.1, 0.15) is 0 Å². The molecule has 1 aliphatic rings. The maximum Gasteiger partial charge on any atom is 0.0610 e. The third-order valence-electron chi connectivity index (χ3n) is 4.10. The largest absolute Gasteiger partial charge is 0.378 e. The maximum atomic E-state index is 3.44. The predicted molar refractivity (Wildman–Crippen MR) is 91.4 cm³/mol. The summed E-state index contributed by atoms with van der Waals surface area (Å²) in [5, 5.41) is 7.91. The summed E-state index contributed by atoms with van der Waals surface area (Å²) in [6.07, 6.45) is 0. The summed E-state index contributed by atoms with van der Waals surface area (Å²) in [5.41, 5.74) is 4.06. The third kappa shape index (κ3) is 3.28. The van der Waals surface area contributed by atoms with Crippen LogP contribution < -0.4 is 10.2 Å². The normalized spacial score (nSPS) is 17.6. The first-order chi connectivity index (χ1) is 10.3. The van der Waals surface area contributed by atoms with Crippen molar-refractivity contribution in [1.29, 1.82) is 0 Å². The summed E-state index contributed by atoms with van der Waals surface area (Å²) >= 11 is 1.78. The molecule has 0 bridgehead atoms. The van der Waals surface area contributed by atoms with E-state index < -0.39 is 0 Å². The summed E-state index contributed by atoms with van der Waals surface area (Å²) in [6.45, 7) is 4.37. The van der Waals surface area contributed by atoms with Crippen LogP contribution >= 0.6 is 11.3 Å². The number of nitrogens with zero attached hydrogens (tertiary/aromatic N) is 2. The molecule has 1 atom stereocenters. The Hall–Kier alpha value is -1.36. The second-order valence-corrected chi connectivity index (χ2v) is 6.51. The van der Waals surface area contributed by atoms with E-state index in [1.165, 1.54) is 16.8 Å². The van der Waals surface area contributed by atoms with Gasteiger partial charge < -0.3 is 10.2 Å². The van der Waals surface area contributed by atoms with Crippen LogP contribution in [0.25, 0.3) is 0 Å². The fraction of sp³-hybridized carbons (Fsp3) is 0.412. The van der Waals surface area contributed by atoms with Gasteiger partial charge in [-0.25, -0.2) is 0 Å². The molecule has 1 fully saturated rings. The molecule has 0 radical (unpaired) electrons. The standard InChI is InChI=1S/C17H23N3S/c1-19(2)16-5-3-14(4-6-16)17(15-7-12-21-13-15)20-10-8-18-9-11-20/h3-7,12-13,17-18H,8-11H2,1-2H3. The Morgan fingerprint density at radius 3 is 2.33 bits per heavy atom. The van der Waals surface area contributed by atoms with E-state index in [0.717, 1.165) is 26.2 Å². The molecule has 1 aromatic heterocycles. The van der Waals surface area contributed by atoms with Crippen molar-refractivity contribution in [3.63, 3.8) is 0 Å². The molecule has 3 nitrogen and oxygen atoms in total. The highest BCUT2D eigenvalue weighted by Gasteiger charge is 2.24. The van der Waals surface area contributed by atoms with Crippen LogP contribution in [0, 0.1) is 0 Å². The van der Waals surface area contributed by atoms with Crippen LogP contribution in [0.4, 0.5) is 5.69 Å². The number of benzene rings is 1. The summed E-state index contributed by atoms with van der Waals surface area (Å²) in [7, 11) is 4.17. The summed E-state index contributed by atoms with van der Waals surface area (Å²) in [4.78, 5) is 4.73. The Morgan fingerprint density at radius 1 is 1.05 bits per heavy atom. The van der Waals surface area contributed by atoms with Gasteiger partial charge in [0.15, 0.2) is 0 Å². The molecule has 1 saturated heterocycles. The molecule has 1 aromatic carbocycles.